The lowest BCUT2D eigenvalue weighted by Gasteiger charge is -2.21. The number of benzene rings is 2. The Morgan fingerprint density at radius 1 is 1.04 bits per heavy atom. The van der Waals surface area contributed by atoms with Gasteiger partial charge in [-0.05, 0) is 48.2 Å². The quantitative estimate of drug-likeness (QED) is 0.692. The molecule has 6 heteroatoms. The second-order valence-corrected chi connectivity index (χ2v) is 6.88. The third-order valence-electron chi connectivity index (χ3n) is 4.39. The van der Waals surface area contributed by atoms with E-state index in [1.807, 2.05) is 18.2 Å². The largest absolute Gasteiger partial charge is 0.481 e. The van der Waals surface area contributed by atoms with Crippen molar-refractivity contribution in [2.24, 2.45) is 0 Å². The maximum Gasteiger partial charge on any atom is 0.307 e. The molecule has 0 saturated heterocycles. The standard InChI is InChI=1S/C22H26FNO4/c1-14(2)17-6-5-7-19(12-17)28-15(3)22(26)24-20(13-21(25)27-4)16-8-10-18(23)11-9-16/h5-12,14-15,20H,13H2,1-4H3,(H,24,26). The van der Waals surface area contributed by atoms with Crippen LogP contribution in [0.3, 0.4) is 0 Å². The van der Waals surface area contributed by atoms with Crippen LogP contribution in [0.4, 0.5) is 4.39 Å². The summed E-state index contributed by atoms with van der Waals surface area (Å²) in [4.78, 5) is 24.4. The fourth-order valence-electron chi connectivity index (χ4n) is 2.69. The van der Waals surface area contributed by atoms with Gasteiger partial charge in [-0.1, -0.05) is 38.1 Å². The molecule has 0 bridgehead atoms. The van der Waals surface area contributed by atoms with Gasteiger partial charge in [0.2, 0.25) is 0 Å². The van der Waals surface area contributed by atoms with Crippen LogP contribution in [-0.4, -0.2) is 25.1 Å². The van der Waals surface area contributed by atoms with Gasteiger partial charge in [0.25, 0.3) is 5.91 Å². The molecule has 2 aromatic carbocycles. The van der Waals surface area contributed by atoms with Crippen molar-refractivity contribution in [3.05, 3.63) is 65.5 Å². The zero-order valence-corrected chi connectivity index (χ0v) is 16.6. The van der Waals surface area contributed by atoms with E-state index in [2.05, 4.69) is 19.2 Å². The van der Waals surface area contributed by atoms with Crippen LogP contribution in [0.5, 0.6) is 5.75 Å². The van der Waals surface area contributed by atoms with E-state index in [4.69, 9.17) is 9.47 Å². The number of hydrogen-bond acceptors (Lipinski definition) is 4. The first-order chi connectivity index (χ1) is 13.3. The molecule has 2 rings (SSSR count). The minimum Gasteiger partial charge on any atom is -0.481 e. The molecule has 0 aliphatic heterocycles. The van der Waals surface area contributed by atoms with Crippen molar-refractivity contribution in [2.45, 2.75) is 45.3 Å². The summed E-state index contributed by atoms with van der Waals surface area (Å²) in [6.45, 7) is 5.79. The molecule has 0 fully saturated rings. The van der Waals surface area contributed by atoms with Gasteiger partial charge < -0.3 is 14.8 Å². The molecule has 0 heterocycles. The third kappa shape index (κ3) is 6.08. The van der Waals surface area contributed by atoms with Crippen molar-refractivity contribution in [3.8, 4) is 5.75 Å². The Hall–Kier alpha value is -2.89. The highest BCUT2D eigenvalue weighted by molar-refractivity contribution is 5.82. The summed E-state index contributed by atoms with van der Waals surface area (Å²) in [6, 6.07) is 12.6. The summed E-state index contributed by atoms with van der Waals surface area (Å²) in [5, 5.41) is 2.79. The van der Waals surface area contributed by atoms with Crippen LogP contribution in [0, 0.1) is 5.82 Å². The van der Waals surface area contributed by atoms with Gasteiger partial charge in [-0.15, -0.1) is 0 Å². The van der Waals surface area contributed by atoms with E-state index >= 15 is 0 Å². The normalized spacial score (nSPS) is 12.9. The van der Waals surface area contributed by atoms with Crippen molar-refractivity contribution in [3.63, 3.8) is 0 Å². The summed E-state index contributed by atoms with van der Waals surface area (Å²) in [5.74, 6) is -0.314. The average molecular weight is 387 g/mol. The Balaban J connectivity index is 2.09. The first kappa shape index (κ1) is 21.4. The van der Waals surface area contributed by atoms with Crippen LogP contribution in [0.15, 0.2) is 48.5 Å². The highest BCUT2D eigenvalue weighted by Crippen LogP contribution is 2.22. The van der Waals surface area contributed by atoms with Crippen molar-refractivity contribution in [1.82, 2.24) is 5.32 Å². The summed E-state index contributed by atoms with van der Waals surface area (Å²) < 4.78 is 23.7. The zero-order valence-electron chi connectivity index (χ0n) is 16.6. The number of methoxy groups -OCH3 is 1. The van der Waals surface area contributed by atoms with Gasteiger partial charge in [-0.25, -0.2) is 4.39 Å². The van der Waals surface area contributed by atoms with Crippen LogP contribution < -0.4 is 10.1 Å². The lowest BCUT2D eigenvalue weighted by molar-refractivity contribution is -0.141. The predicted molar refractivity (Wildman–Crippen MR) is 105 cm³/mol. The minimum absolute atomic E-state index is 0.0660. The maximum absolute atomic E-state index is 13.2. The summed E-state index contributed by atoms with van der Waals surface area (Å²) in [7, 11) is 1.28. The van der Waals surface area contributed by atoms with E-state index < -0.39 is 23.9 Å². The van der Waals surface area contributed by atoms with Crippen molar-refractivity contribution >= 4 is 11.9 Å². The molecule has 0 spiro atoms. The van der Waals surface area contributed by atoms with Crippen molar-refractivity contribution < 1.29 is 23.5 Å². The molecule has 28 heavy (non-hydrogen) atoms. The van der Waals surface area contributed by atoms with Crippen LogP contribution in [-0.2, 0) is 14.3 Å². The van der Waals surface area contributed by atoms with E-state index in [-0.39, 0.29) is 12.3 Å². The Kier molecular flexibility index (Phi) is 7.55. The van der Waals surface area contributed by atoms with Gasteiger partial charge in [0.05, 0.1) is 19.6 Å². The number of hydrogen-bond donors (Lipinski definition) is 1. The number of halogens is 1. The van der Waals surface area contributed by atoms with Gasteiger partial charge in [-0.3, -0.25) is 9.59 Å². The Morgan fingerprint density at radius 3 is 2.32 bits per heavy atom. The number of ether oxygens (including phenoxy) is 2. The molecule has 0 aliphatic rings. The number of nitrogens with one attached hydrogen (secondary N) is 1. The Bertz CT molecular complexity index is 804. The summed E-state index contributed by atoms with van der Waals surface area (Å²) >= 11 is 0. The lowest BCUT2D eigenvalue weighted by Crippen LogP contribution is -2.39. The summed E-state index contributed by atoms with van der Waals surface area (Å²) in [6.07, 6.45) is -0.841. The molecule has 0 saturated carbocycles. The molecule has 1 amide bonds. The molecule has 2 atom stereocenters. The van der Waals surface area contributed by atoms with Crippen molar-refractivity contribution in [1.29, 1.82) is 0 Å². The Morgan fingerprint density at radius 2 is 1.71 bits per heavy atom. The predicted octanol–water partition coefficient (Wildman–Crippen LogP) is 4.14. The molecular weight excluding hydrogens is 361 g/mol. The maximum atomic E-state index is 13.2. The first-order valence-corrected chi connectivity index (χ1v) is 9.19. The first-order valence-electron chi connectivity index (χ1n) is 9.19. The van der Waals surface area contributed by atoms with E-state index in [1.54, 1.807) is 13.0 Å². The number of esters is 1. The molecule has 150 valence electrons. The lowest BCUT2D eigenvalue weighted by atomic mass is 10.0. The van der Waals surface area contributed by atoms with E-state index in [0.717, 1.165) is 5.56 Å². The molecule has 0 aliphatic carbocycles. The second kappa shape index (κ2) is 9.88. The van der Waals surface area contributed by atoms with Crippen LogP contribution in [0.1, 0.15) is 50.3 Å². The van der Waals surface area contributed by atoms with E-state index in [9.17, 15) is 14.0 Å². The molecule has 5 nitrogen and oxygen atoms in total. The van der Waals surface area contributed by atoms with Gasteiger partial charge in [0.1, 0.15) is 11.6 Å². The topological polar surface area (TPSA) is 64.6 Å². The average Bonchev–Trinajstić information content (AvgIpc) is 2.68. The van der Waals surface area contributed by atoms with Gasteiger partial charge in [0.15, 0.2) is 6.10 Å². The van der Waals surface area contributed by atoms with Crippen LogP contribution in [0.25, 0.3) is 0 Å². The fourth-order valence-corrected chi connectivity index (χ4v) is 2.69. The fraction of sp³-hybridized carbons (Fsp3) is 0.364. The second-order valence-electron chi connectivity index (χ2n) is 6.88. The number of rotatable bonds is 8. The SMILES string of the molecule is COC(=O)CC(NC(=O)C(C)Oc1cccc(C(C)C)c1)c1ccc(F)cc1. The highest BCUT2D eigenvalue weighted by Gasteiger charge is 2.23. The zero-order chi connectivity index (χ0) is 20.7. The van der Waals surface area contributed by atoms with Gasteiger partial charge >= 0.3 is 5.97 Å². The van der Waals surface area contributed by atoms with Gasteiger partial charge in [-0.2, -0.15) is 0 Å². The van der Waals surface area contributed by atoms with E-state index in [0.29, 0.717) is 17.2 Å². The van der Waals surface area contributed by atoms with Crippen LogP contribution in [0.2, 0.25) is 0 Å². The van der Waals surface area contributed by atoms with Crippen LogP contribution >= 0.6 is 0 Å². The highest BCUT2D eigenvalue weighted by atomic mass is 19.1. The van der Waals surface area contributed by atoms with Gasteiger partial charge in [0, 0.05) is 0 Å². The summed E-state index contributed by atoms with van der Waals surface area (Å²) in [5.41, 5.74) is 1.72. The minimum atomic E-state index is -0.775. The molecule has 2 aromatic rings. The van der Waals surface area contributed by atoms with E-state index in [1.165, 1.54) is 31.4 Å². The number of amides is 1. The smallest absolute Gasteiger partial charge is 0.307 e. The monoisotopic (exact) mass is 387 g/mol. The number of carbonyl (C=O) groups is 2. The third-order valence-corrected chi connectivity index (χ3v) is 4.39. The molecule has 0 radical (unpaired) electrons. The number of carbonyl (C=O) groups excluding carboxylic acids is 2. The molecule has 0 aromatic heterocycles. The van der Waals surface area contributed by atoms with Crippen molar-refractivity contribution in [2.75, 3.05) is 7.11 Å². The molecule has 1 N–H and O–H groups in total. The molecular formula is C22H26FNO4. The Labute approximate surface area is 164 Å². The molecule has 2 unspecified atom stereocenters.